The molecule has 0 aromatic heterocycles. The molecular weight excluding hydrogens is 489 g/mol. The van der Waals surface area contributed by atoms with E-state index in [0.717, 1.165) is 23.6 Å². The molecule has 3 aliphatic heterocycles. The molecule has 0 spiro atoms. The lowest BCUT2D eigenvalue weighted by Gasteiger charge is -2.29. The number of halogens is 1. The minimum absolute atomic E-state index is 0.0309. The van der Waals surface area contributed by atoms with Crippen LogP contribution in [0, 0.1) is 5.82 Å². The van der Waals surface area contributed by atoms with Crippen LogP contribution in [0.3, 0.4) is 0 Å². The SMILES string of the molecule is O=C1CCC(N2Cc3c(OCc4ccc(CN5CCOCC5)cc4F)c(O)c(O)c(O)c3C2=O)C(=O)N1. The Morgan fingerprint density at radius 3 is 2.54 bits per heavy atom. The molecule has 1 atom stereocenters. The van der Waals surface area contributed by atoms with Gasteiger partial charge in [0.05, 0.1) is 25.3 Å². The number of phenolic OH excluding ortho intramolecular Hbond substituents is 3. The van der Waals surface area contributed by atoms with Gasteiger partial charge in [-0.25, -0.2) is 4.39 Å². The Morgan fingerprint density at radius 2 is 1.84 bits per heavy atom. The van der Waals surface area contributed by atoms with Crippen LogP contribution in [0.4, 0.5) is 4.39 Å². The van der Waals surface area contributed by atoms with Gasteiger partial charge in [0.2, 0.25) is 23.3 Å². The molecule has 3 heterocycles. The number of fused-ring (bicyclic) bond motifs is 1. The summed E-state index contributed by atoms with van der Waals surface area (Å²) < 4.78 is 25.9. The molecule has 0 radical (unpaired) electrons. The number of piperidine rings is 1. The predicted molar refractivity (Wildman–Crippen MR) is 124 cm³/mol. The highest BCUT2D eigenvalue weighted by molar-refractivity contribution is 6.07. The number of ether oxygens (including phenoxy) is 2. The zero-order valence-electron chi connectivity index (χ0n) is 19.8. The highest BCUT2D eigenvalue weighted by Crippen LogP contribution is 2.51. The number of amides is 3. The average Bonchev–Trinajstić information content (AvgIpc) is 3.21. The van der Waals surface area contributed by atoms with Crippen molar-refractivity contribution in [2.45, 2.75) is 38.6 Å². The van der Waals surface area contributed by atoms with E-state index in [2.05, 4.69) is 10.2 Å². The first-order chi connectivity index (χ1) is 17.7. The summed E-state index contributed by atoms with van der Waals surface area (Å²) in [6.07, 6.45) is 0.116. The first kappa shape index (κ1) is 24.8. The Kier molecular flexibility index (Phi) is 6.61. The quantitative estimate of drug-likeness (QED) is 0.328. The van der Waals surface area contributed by atoms with Crippen molar-refractivity contribution < 1.29 is 43.6 Å². The average molecular weight is 515 g/mol. The van der Waals surface area contributed by atoms with Crippen LogP contribution in [0.2, 0.25) is 0 Å². The highest BCUT2D eigenvalue weighted by atomic mass is 19.1. The van der Waals surface area contributed by atoms with Crippen LogP contribution in [0.5, 0.6) is 23.0 Å². The molecule has 12 heteroatoms. The largest absolute Gasteiger partial charge is 0.504 e. The van der Waals surface area contributed by atoms with Crippen molar-refractivity contribution in [1.29, 1.82) is 0 Å². The number of aromatic hydroxyl groups is 3. The number of morpholine rings is 1. The maximum Gasteiger partial charge on any atom is 0.259 e. The van der Waals surface area contributed by atoms with Crippen LogP contribution in [0.25, 0.3) is 0 Å². The molecule has 0 saturated carbocycles. The molecule has 2 fully saturated rings. The standard InChI is InChI=1S/C25H26FN3O8/c26-16-9-13(10-28-5-7-36-8-6-28)1-2-14(16)12-37-23-15-11-29(17-3-4-18(30)27-24(17)34)25(35)19(15)20(31)21(32)22(23)33/h1-2,9,17,31-33H,3-8,10-12H2,(H,27,30,34). The summed E-state index contributed by atoms with van der Waals surface area (Å²) in [5, 5.41) is 33.3. The summed E-state index contributed by atoms with van der Waals surface area (Å²) in [5.41, 5.74) is 0.681. The van der Waals surface area contributed by atoms with E-state index >= 15 is 0 Å². The molecule has 1 unspecified atom stereocenters. The minimum atomic E-state index is -0.981. The monoisotopic (exact) mass is 515 g/mol. The van der Waals surface area contributed by atoms with Gasteiger partial charge in [-0.2, -0.15) is 0 Å². The Balaban J connectivity index is 1.36. The van der Waals surface area contributed by atoms with Crippen LogP contribution in [-0.4, -0.2) is 75.2 Å². The van der Waals surface area contributed by atoms with E-state index in [4.69, 9.17) is 9.47 Å². The fourth-order valence-corrected chi connectivity index (χ4v) is 4.86. The summed E-state index contributed by atoms with van der Waals surface area (Å²) in [5.74, 6) is -5.32. The number of imide groups is 1. The van der Waals surface area contributed by atoms with Gasteiger partial charge in [-0.05, 0) is 18.1 Å². The van der Waals surface area contributed by atoms with Crippen molar-refractivity contribution in [1.82, 2.24) is 15.1 Å². The second-order valence-electron chi connectivity index (χ2n) is 9.23. The maximum atomic E-state index is 14.9. The van der Waals surface area contributed by atoms with Crippen LogP contribution in [0.1, 0.15) is 39.9 Å². The van der Waals surface area contributed by atoms with E-state index in [9.17, 15) is 34.1 Å². The minimum Gasteiger partial charge on any atom is -0.504 e. The molecule has 37 heavy (non-hydrogen) atoms. The first-order valence-electron chi connectivity index (χ1n) is 11.9. The lowest BCUT2D eigenvalue weighted by Crippen LogP contribution is -2.52. The summed E-state index contributed by atoms with van der Waals surface area (Å²) in [7, 11) is 0. The van der Waals surface area contributed by atoms with Gasteiger partial charge < -0.3 is 29.7 Å². The Hall–Kier alpha value is -3.90. The van der Waals surface area contributed by atoms with Crippen LogP contribution >= 0.6 is 0 Å². The zero-order valence-corrected chi connectivity index (χ0v) is 19.8. The lowest BCUT2D eigenvalue weighted by atomic mass is 10.0. The number of carbonyl (C=O) groups excluding carboxylic acids is 3. The van der Waals surface area contributed by atoms with E-state index in [1.165, 1.54) is 6.07 Å². The van der Waals surface area contributed by atoms with Crippen LogP contribution in [-0.2, 0) is 34.0 Å². The van der Waals surface area contributed by atoms with Gasteiger partial charge in [-0.3, -0.25) is 24.6 Å². The second-order valence-corrected chi connectivity index (χ2v) is 9.23. The summed E-state index contributed by atoms with van der Waals surface area (Å²) in [6.45, 7) is 2.79. The van der Waals surface area contributed by atoms with Crippen molar-refractivity contribution >= 4 is 17.7 Å². The molecule has 2 saturated heterocycles. The molecule has 5 rings (SSSR count). The molecule has 0 aliphatic carbocycles. The Bertz CT molecular complexity index is 1280. The van der Waals surface area contributed by atoms with E-state index in [1.54, 1.807) is 12.1 Å². The van der Waals surface area contributed by atoms with E-state index in [-0.39, 0.29) is 48.4 Å². The molecule has 196 valence electrons. The summed E-state index contributed by atoms with van der Waals surface area (Å²) in [4.78, 5) is 40.2. The van der Waals surface area contributed by atoms with Crippen molar-refractivity contribution in [2.24, 2.45) is 0 Å². The van der Waals surface area contributed by atoms with Gasteiger partial charge in [0, 0.05) is 37.2 Å². The number of carbonyl (C=O) groups is 3. The number of nitrogens with one attached hydrogen (secondary N) is 1. The number of hydrogen-bond acceptors (Lipinski definition) is 9. The second kappa shape index (κ2) is 9.87. The topological polar surface area (TPSA) is 149 Å². The normalized spacial score (nSPS) is 20.2. The number of hydrogen-bond donors (Lipinski definition) is 4. The summed E-state index contributed by atoms with van der Waals surface area (Å²) >= 11 is 0. The van der Waals surface area contributed by atoms with Gasteiger partial charge in [-0.15, -0.1) is 0 Å². The van der Waals surface area contributed by atoms with Crippen molar-refractivity contribution in [3.63, 3.8) is 0 Å². The van der Waals surface area contributed by atoms with Crippen molar-refractivity contribution in [2.75, 3.05) is 26.3 Å². The fourth-order valence-electron chi connectivity index (χ4n) is 4.86. The predicted octanol–water partition coefficient (Wildman–Crippen LogP) is 1.11. The van der Waals surface area contributed by atoms with Gasteiger partial charge in [0.1, 0.15) is 18.5 Å². The van der Waals surface area contributed by atoms with Crippen molar-refractivity contribution in [3.8, 4) is 23.0 Å². The highest BCUT2D eigenvalue weighted by Gasteiger charge is 2.43. The Morgan fingerprint density at radius 1 is 1.08 bits per heavy atom. The van der Waals surface area contributed by atoms with Gasteiger partial charge in [-0.1, -0.05) is 12.1 Å². The molecule has 11 nitrogen and oxygen atoms in total. The van der Waals surface area contributed by atoms with Crippen molar-refractivity contribution in [3.05, 3.63) is 46.3 Å². The Labute approximate surface area is 211 Å². The van der Waals surface area contributed by atoms with Gasteiger partial charge in [0.25, 0.3) is 5.91 Å². The van der Waals surface area contributed by atoms with Gasteiger partial charge in [0.15, 0.2) is 11.5 Å². The summed E-state index contributed by atoms with van der Waals surface area (Å²) in [6, 6.07) is 3.75. The molecule has 3 amide bonds. The lowest BCUT2D eigenvalue weighted by molar-refractivity contribution is -0.136. The molecule has 2 aromatic carbocycles. The van der Waals surface area contributed by atoms with Crippen LogP contribution < -0.4 is 10.1 Å². The molecule has 3 aliphatic rings. The van der Waals surface area contributed by atoms with Crippen LogP contribution in [0.15, 0.2) is 18.2 Å². The maximum absolute atomic E-state index is 14.9. The molecular formula is C25H26FN3O8. The zero-order chi connectivity index (χ0) is 26.3. The third-order valence-corrected chi connectivity index (χ3v) is 6.87. The molecule has 0 bridgehead atoms. The van der Waals surface area contributed by atoms with E-state index in [0.29, 0.717) is 19.8 Å². The third kappa shape index (κ3) is 4.65. The smallest absolute Gasteiger partial charge is 0.259 e. The number of rotatable bonds is 6. The third-order valence-electron chi connectivity index (χ3n) is 6.87. The van der Waals surface area contributed by atoms with E-state index < -0.39 is 46.8 Å². The molecule has 2 aromatic rings. The fraction of sp³-hybridized carbons (Fsp3) is 0.400. The number of benzene rings is 2. The van der Waals surface area contributed by atoms with Gasteiger partial charge >= 0.3 is 0 Å². The number of phenols is 3. The number of nitrogens with zero attached hydrogens (tertiary/aromatic N) is 2. The first-order valence-corrected chi connectivity index (χ1v) is 11.9. The van der Waals surface area contributed by atoms with E-state index in [1.807, 2.05) is 0 Å². The molecule has 4 N–H and O–H groups in total.